The van der Waals surface area contributed by atoms with Gasteiger partial charge in [0, 0.05) is 23.3 Å². The van der Waals surface area contributed by atoms with Gasteiger partial charge >= 0.3 is 5.97 Å². The third-order valence-electron chi connectivity index (χ3n) is 4.84. The van der Waals surface area contributed by atoms with E-state index in [9.17, 15) is 15.2 Å². The smallest absolute Gasteiger partial charge is 0.346 e. The molecule has 0 aliphatic carbocycles. The van der Waals surface area contributed by atoms with Gasteiger partial charge in [-0.3, -0.25) is 4.98 Å². The molecular weight excluding hydrogens is 390 g/mol. The van der Waals surface area contributed by atoms with Crippen LogP contribution in [0.4, 0.5) is 0 Å². The molecule has 0 atom stereocenters. The van der Waals surface area contributed by atoms with Crippen LogP contribution in [0.5, 0.6) is 5.75 Å². The number of nitrogens with zero attached hydrogens (tertiary/aromatic N) is 3. The summed E-state index contributed by atoms with van der Waals surface area (Å²) in [6.07, 6.45) is 4.94. The van der Waals surface area contributed by atoms with Crippen LogP contribution in [0.25, 0.3) is 17.0 Å². The molecular formula is C25H19N3O3. The maximum Gasteiger partial charge on any atom is 0.346 e. The van der Waals surface area contributed by atoms with Crippen molar-refractivity contribution in [3.8, 4) is 11.8 Å². The lowest BCUT2D eigenvalue weighted by atomic mass is 10.1. The fraction of sp³-hybridized carbons (Fsp3) is 0.0800. The first-order valence-electron chi connectivity index (χ1n) is 9.69. The molecule has 2 aromatic heterocycles. The summed E-state index contributed by atoms with van der Waals surface area (Å²) in [4.78, 5) is 15.8. The molecule has 4 aromatic rings. The summed E-state index contributed by atoms with van der Waals surface area (Å²) in [6, 6.07) is 22.9. The maximum atomic E-state index is 11.4. The summed E-state index contributed by atoms with van der Waals surface area (Å²) in [5.74, 6) is -0.647. The number of carboxylic acids is 1. The minimum Gasteiger partial charge on any atom is -0.488 e. The van der Waals surface area contributed by atoms with Gasteiger partial charge in [0.25, 0.3) is 0 Å². The number of benzene rings is 2. The van der Waals surface area contributed by atoms with Gasteiger partial charge in [-0.25, -0.2) is 4.79 Å². The Kier molecular flexibility index (Phi) is 5.77. The molecule has 0 amide bonds. The largest absolute Gasteiger partial charge is 0.488 e. The molecule has 0 aliphatic rings. The second-order valence-electron chi connectivity index (χ2n) is 6.93. The van der Waals surface area contributed by atoms with Crippen molar-refractivity contribution < 1.29 is 14.6 Å². The number of ether oxygens (including phenoxy) is 1. The molecule has 2 heterocycles. The quantitative estimate of drug-likeness (QED) is 0.354. The van der Waals surface area contributed by atoms with Gasteiger partial charge in [0.05, 0.1) is 17.8 Å². The number of aliphatic carboxylic acids is 1. The molecule has 0 radical (unpaired) electrons. The van der Waals surface area contributed by atoms with Gasteiger partial charge in [0.2, 0.25) is 0 Å². The summed E-state index contributed by atoms with van der Waals surface area (Å²) in [7, 11) is 0. The number of pyridine rings is 1. The van der Waals surface area contributed by atoms with E-state index in [2.05, 4.69) is 4.98 Å². The molecule has 0 unspecified atom stereocenters. The van der Waals surface area contributed by atoms with Crippen molar-refractivity contribution in [2.75, 3.05) is 0 Å². The third kappa shape index (κ3) is 4.46. The number of rotatable bonds is 7. The van der Waals surface area contributed by atoms with E-state index in [1.807, 2.05) is 77.5 Å². The first kappa shape index (κ1) is 19.9. The second kappa shape index (κ2) is 8.97. The van der Waals surface area contributed by atoms with E-state index in [4.69, 9.17) is 4.74 Å². The number of hydrogen-bond acceptors (Lipinski definition) is 4. The highest BCUT2D eigenvalue weighted by Crippen LogP contribution is 2.33. The molecule has 0 aliphatic heterocycles. The lowest BCUT2D eigenvalue weighted by Crippen LogP contribution is -2.00. The summed E-state index contributed by atoms with van der Waals surface area (Å²) < 4.78 is 8.08. The van der Waals surface area contributed by atoms with Gasteiger partial charge in [-0.1, -0.05) is 42.5 Å². The van der Waals surface area contributed by atoms with Crippen molar-refractivity contribution in [1.82, 2.24) is 9.55 Å². The van der Waals surface area contributed by atoms with Gasteiger partial charge < -0.3 is 14.4 Å². The molecule has 0 spiro atoms. The van der Waals surface area contributed by atoms with E-state index in [-0.39, 0.29) is 5.57 Å². The molecule has 2 aromatic carbocycles. The normalized spacial score (nSPS) is 11.3. The standard InChI is InChI=1S/C25H19N3O3/c26-14-19(25(29)30)13-20-15-28(16-21-9-4-5-12-27-21)22-10-6-11-23(24(20)22)31-17-18-7-2-1-3-8-18/h1-13,15H,16-17H2,(H,29,30)/b19-13+. The van der Waals surface area contributed by atoms with E-state index in [0.29, 0.717) is 24.5 Å². The second-order valence-corrected chi connectivity index (χ2v) is 6.93. The van der Waals surface area contributed by atoms with Crippen LogP contribution in [0.1, 0.15) is 16.8 Å². The van der Waals surface area contributed by atoms with Gasteiger partial charge in [-0.15, -0.1) is 0 Å². The number of hydrogen-bond donors (Lipinski definition) is 1. The van der Waals surface area contributed by atoms with Crippen LogP contribution in [0.2, 0.25) is 0 Å². The van der Waals surface area contributed by atoms with Crippen LogP contribution in [-0.2, 0) is 17.9 Å². The van der Waals surface area contributed by atoms with Crippen molar-refractivity contribution in [2.24, 2.45) is 0 Å². The van der Waals surface area contributed by atoms with Crippen molar-refractivity contribution in [1.29, 1.82) is 5.26 Å². The summed E-state index contributed by atoms with van der Waals surface area (Å²) in [5, 5.41) is 19.3. The van der Waals surface area contributed by atoms with E-state index in [1.54, 1.807) is 12.3 Å². The van der Waals surface area contributed by atoms with Gasteiger partial charge in [0.15, 0.2) is 0 Å². The average molecular weight is 409 g/mol. The molecule has 0 saturated heterocycles. The molecule has 6 heteroatoms. The van der Waals surface area contributed by atoms with Crippen LogP contribution < -0.4 is 4.74 Å². The Labute approximate surface area is 179 Å². The highest BCUT2D eigenvalue weighted by atomic mass is 16.5. The number of nitriles is 1. The Morgan fingerprint density at radius 1 is 1.10 bits per heavy atom. The van der Waals surface area contributed by atoms with Crippen LogP contribution in [0.3, 0.4) is 0 Å². The Hall–Kier alpha value is -4.37. The van der Waals surface area contributed by atoms with Crippen molar-refractivity contribution in [3.05, 3.63) is 102 Å². The van der Waals surface area contributed by atoms with Crippen LogP contribution in [-0.4, -0.2) is 20.6 Å². The monoisotopic (exact) mass is 409 g/mol. The van der Waals surface area contributed by atoms with Crippen LogP contribution in [0, 0.1) is 11.3 Å². The molecule has 31 heavy (non-hydrogen) atoms. The number of aromatic nitrogens is 2. The van der Waals surface area contributed by atoms with Gasteiger partial charge in [0.1, 0.15) is 24.0 Å². The zero-order valence-electron chi connectivity index (χ0n) is 16.6. The Morgan fingerprint density at radius 2 is 1.90 bits per heavy atom. The predicted molar refractivity (Wildman–Crippen MR) is 117 cm³/mol. The van der Waals surface area contributed by atoms with E-state index >= 15 is 0 Å². The van der Waals surface area contributed by atoms with E-state index in [1.165, 1.54) is 6.08 Å². The van der Waals surface area contributed by atoms with Crippen molar-refractivity contribution in [2.45, 2.75) is 13.2 Å². The van der Waals surface area contributed by atoms with E-state index < -0.39 is 5.97 Å². The fourth-order valence-corrected chi connectivity index (χ4v) is 3.41. The average Bonchev–Trinajstić information content (AvgIpc) is 3.15. The van der Waals surface area contributed by atoms with Crippen molar-refractivity contribution >= 4 is 22.9 Å². The number of carbonyl (C=O) groups is 1. The number of fused-ring (bicyclic) bond motifs is 1. The van der Waals surface area contributed by atoms with Crippen LogP contribution >= 0.6 is 0 Å². The van der Waals surface area contributed by atoms with E-state index in [0.717, 1.165) is 22.2 Å². The highest BCUT2D eigenvalue weighted by Gasteiger charge is 2.15. The lowest BCUT2D eigenvalue weighted by molar-refractivity contribution is -0.132. The Bertz CT molecular complexity index is 1290. The number of carboxylic acid groups (broad SMARTS) is 1. The molecule has 6 nitrogen and oxygen atoms in total. The Morgan fingerprint density at radius 3 is 2.61 bits per heavy atom. The fourth-order valence-electron chi connectivity index (χ4n) is 3.41. The maximum absolute atomic E-state index is 11.4. The first-order chi connectivity index (χ1) is 15.2. The zero-order valence-corrected chi connectivity index (χ0v) is 16.6. The summed E-state index contributed by atoms with van der Waals surface area (Å²) in [5.41, 5.74) is 3.02. The Balaban J connectivity index is 1.81. The summed E-state index contributed by atoms with van der Waals surface area (Å²) >= 11 is 0. The zero-order chi connectivity index (χ0) is 21.6. The minimum absolute atomic E-state index is 0.338. The molecule has 0 saturated carbocycles. The third-order valence-corrected chi connectivity index (χ3v) is 4.84. The van der Waals surface area contributed by atoms with Gasteiger partial charge in [-0.05, 0) is 35.9 Å². The van der Waals surface area contributed by atoms with Crippen LogP contribution in [0.15, 0.2) is 84.7 Å². The highest BCUT2D eigenvalue weighted by molar-refractivity contribution is 6.02. The summed E-state index contributed by atoms with van der Waals surface area (Å²) in [6.45, 7) is 0.876. The molecule has 0 fully saturated rings. The van der Waals surface area contributed by atoms with Gasteiger partial charge in [-0.2, -0.15) is 5.26 Å². The first-order valence-corrected chi connectivity index (χ1v) is 9.69. The molecule has 152 valence electrons. The lowest BCUT2D eigenvalue weighted by Gasteiger charge is -2.10. The molecule has 0 bridgehead atoms. The molecule has 4 rings (SSSR count). The van der Waals surface area contributed by atoms with Crippen molar-refractivity contribution in [3.63, 3.8) is 0 Å². The topological polar surface area (TPSA) is 88.1 Å². The molecule has 1 N–H and O–H groups in total. The predicted octanol–water partition coefficient (Wildman–Crippen LogP) is 4.66. The SMILES string of the molecule is N#C/C(=C\c1cn(Cc2ccccn2)c2cccc(OCc3ccccc3)c12)C(=O)O. The minimum atomic E-state index is -1.27.